The number of nitrogens with zero attached hydrogens (tertiary/aromatic N) is 3. The zero-order valence-electron chi connectivity index (χ0n) is 10.9. The van der Waals surface area contributed by atoms with Crippen LogP contribution in [0.3, 0.4) is 0 Å². The quantitative estimate of drug-likeness (QED) is 0.904. The fourth-order valence-electron chi connectivity index (χ4n) is 1.70. The molecule has 0 aliphatic carbocycles. The second-order valence-corrected chi connectivity index (χ2v) is 6.02. The fraction of sp³-hybridized carbons (Fsp3) is 0.385. The molecule has 6 heteroatoms. The number of hydrogen-bond donors (Lipinski definition) is 1. The van der Waals surface area contributed by atoms with Crippen LogP contribution in [-0.4, -0.2) is 21.5 Å². The van der Waals surface area contributed by atoms with Gasteiger partial charge in [-0.1, -0.05) is 30.7 Å². The zero-order valence-corrected chi connectivity index (χ0v) is 13.2. The van der Waals surface area contributed by atoms with Crippen molar-refractivity contribution in [3.05, 3.63) is 39.6 Å². The van der Waals surface area contributed by atoms with Gasteiger partial charge in [0.2, 0.25) is 0 Å². The van der Waals surface area contributed by atoms with Crippen molar-refractivity contribution < 1.29 is 0 Å². The van der Waals surface area contributed by atoms with Crippen LogP contribution in [-0.2, 0) is 6.54 Å². The van der Waals surface area contributed by atoms with E-state index in [1.165, 1.54) is 0 Å². The molecule has 0 saturated carbocycles. The summed E-state index contributed by atoms with van der Waals surface area (Å²) in [6.45, 7) is 6.05. The monoisotopic (exact) mass is 342 g/mol. The van der Waals surface area contributed by atoms with Gasteiger partial charge in [-0.15, -0.1) is 5.10 Å². The zero-order chi connectivity index (χ0) is 13.8. The van der Waals surface area contributed by atoms with Crippen LogP contribution >= 0.6 is 27.5 Å². The molecule has 1 N–H and O–H groups in total. The molecule has 0 aliphatic heterocycles. The van der Waals surface area contributed by atoms with Crippen LogP contribution < -0.4 is 5.32 Å². The van der Waals surface area contributed by atoms with Gasteiger partial charge in [-0.2, -0.15) is 0 Å². The standard InChI is InChI=1S/C13H16BrClN4/c1-9(2)6-16-7-11-8-17-18-19(11)10-3-4-12(14)13(15)5-10/h3-5,8-9,16H,6-7H2,1-2H3. The first-order chi connectivity index (χ1) is 9.08. The largest absolute Gasteiger partial charge is 0.311 e. The van der Waals surface area contributed by atoms with E-state index in [-0.39, 0.29) is 0 Å². The van der Waals surface area contributed by atoms with Gasteiger partial charge in [0, 0.05) is 11.0 Å². The van der Waals surface area contributed by atoms with Crippen molar-refractivity contribution >= 4 is 27.5 Å². The van der Waals surface area contributed by atoms with Crippen LogP contribution in [0.5, 0.6) is 0 Å². The molecule has 0 amide bonds. The number of rotatable bonds is 5. The average molecular weight is 344 g/mol. The summed E-state index contributed by atoms with van der Waals surface area (Å²) in [5.74, 6) is 0.617. The number of aromatic nitrogens is 3. The molecule has 102 valence electrons. The van der Waals surface area contributed by atoms with Gasteiger partial charge in [0.05, 0.1) is 22.6 Å². The molecule has 0 fully saturated rings. The summed E-state index contributed by atoms with van der Waals surface area (Å²) in [7, 11) is 0. The molecule has 0 atom stereocenters. The van der Waals surface area contributed by atoms with Crippen LogP contribution in [0.1, 0.15) is 19.5 Å². The Morgan fingerprint density at radius 3 is 2.89 bits per heavy atom. The predicted molar refractivity (Wildman–Crippen MR) is 80.6 cm³/mol. The second kappa shape index (κ2) is 6.50. The molecular formula is C13H16BrClN4. The Balaban J connectivity index is 2.16. The molecule has 0 unspecified atom stereocenters. The van der Waals surface area contributed by atoms with Crippen LogP contribution in [0.2, 0.25) is 5.02 Å². The Hall–Kier alpha value is -0.910. The van der Waals surface area contributed by atoms with Crippen molar-refractivity contribution in [1.29, 1.82) is 0 Å². The molecule has 0 aliphatic rings. The van der Waals surface area contributed by atoms with E-state index in [1.54, 1.807) is 10.9 Å². The van der Waals surface area contributed by atoms with E-state index in [2.05, 4.69) is 45.4 Å². The first-order valence-corrected chi connectivity index (χ1v) is 7.30. The molecule has 0 saturated heterocycles. The summed E-state index contributed by atoms with van der Waals surface area (Å²) >= 11 is 9.48. The lowest BCUT2D eigenvalue weighted by Gasteiger charge is -2.09. The van der Waals surface area contributed by atoms with Crippen molar-refractivity contribution in [1.82, 2.24) is 20.3 Å². The molecule has 4 nitrogen and oxygen atoms in total. The van der Waals surface area contributed by atoms with Gasteiger partial charge >= 0.3 is 0 Å². The van der Waals surface area contributed by atoms with Crippen LogP contribution in [0.4, 0.5) is 0 Å². The third-order valence-corrected chi connectivity index (χ3v) is 3.86. The van der Waals surface area contributed by atoms with Gasteiger partial charge in [0.15, 0.2) is 0 Å². The van der Waals surface area contributed by atoms with Crippen molar-refractivity contribution in [2.45, 2.75) is 20.4 Å². The first kappa shape index (κ1) is 14.5. The molecule has 0 radical (unpaired) electrons. The number of hydrogen-bond acceptors (Lipinski definition) is 3. The Morgan fingerprint density at radius 2 is 2.21 bits per heavy atom. The van der Waals surface area contributed by atoms with E-state index >= 15 is 0 Å². The van der Waals surface area contributed by atoms with E-state index in [4.69, 9.17) is 11.6 Å². The molecule has 19 heavy (non-hydrogen) atoms. The fourth-order valence-corrected chi connectivity index (χ4v) is 2.12. The second-order valence-electron chi connectivity index (χ2n) is 4.76. The van der Waals surface area contributed by atoms with Gasteiger partial charge in [-0.3, -0.25) is 0 Å². The lowest BCUT2D eigenvalue weighted by atomic mass is 10.2. The average Bonchev–Trinajstić information content (AvgIpc) is 2.80. The van der Waals surface area contributed by atoms with Gasteiger partial charge in [0.25, 0.3) is 0 Å². The van der Waals surface area contributed by atoms with Crippen molar-refractivity contribution in [2.24, 2.45) is 5.92 Å². The van der Waals surface area contributed by atoms with Crippen molar-refractivity contribution in [2.75, 3.05) is 6.54 Å². The summed E-state index contributed by atoms with van der Waals surface area (Å²) in [6.07, 6.45) is 1.77. The molecule has 2 rings (SSSR count). The number of benzene rings is 1. The molecule has 1 aromatic carbocycles. The van der Waals surface area contributed by atoms with E-state index in [0.29, 0.717) is 10.9 Å². The Bertz CT molecular complexity index is 553. The molecule has 1 aromatic heterocycles. The normalized spacial score (nSPS) is 11.2. The maximum absolute atomic E-state index is 6.10. The molecule has 1 heterocycles. The molecular weight excluding hydrogens is 328 g/mol. The number of nitrogens with one attached hydrogen (secondary N) is 1. The lowest BCUT2D eigenvalue weighted by Crippen LogP contribution is -2.20. The van der Waals surface area contributed by atoms with Gasteiger partial charge < -0.3 is 5.32 Å². The topological polar surface area (TPSA) is 42.7 Å². The molecule has 0 spiro atoms. The summed E-state index contributed by atoms with van der Waals surface area (Å²) in [5.41, 5.74) is 1.92. The summed E-state index contributed by atoms with van der Waals surface area (Å²) in [6, 6.07) is 5.73. The van der Waals surface area contributed by atoms with E-state index < -0.39 is 0 Å². The highest BCUT2D eigenvalue weighted by molar-refractivity contribution is 9.10. The maximum atomic E-state index is 6.10. The highest BCUT2D eigenvalue weighted by Crippen LogP contribution is 2.25. The van der Waals surface area contributed by atoms with Crippen LogP contribution in [0.15, 0.2) is 28.9 Å². The smallest absolute Gasteiger partial charge is 0.0783 e. The van der Waals surface area contributed by atoms with Crippen LogP contribution in [0.25, 0.3) is 5.69 Å². The predicted octanol–water partition coefficient (Wildman–Crippen LogP) is 3.43. The minimum absolute atomic E-state index is 0.617. The number of halogens is 2. The summed E-state index contributed by atoms with van der Waals surface area (Å²) in [4.78, 5) is 0. The van der Waals surface area contributed by atoms with Crippen LogP contribution in [0, 0.1) is 5.92 Å². The first-order valence-electron chi connectivity index (χ1n) is 6.13. The molecule has 2 aromatic rings. The van der Waals surface area contributed by atoms with E-state index in [9.17, 15) is 0 Å². The van der Waals surface area contributed by atoms with Crippen molar-refractivity contribution in [3.8, 4) is 5.69 Å². The third-order valence-electron chi connectivity index (χ3n) is 2.63. The SMILES string of the molecule is CC(C)CNCc1cnnn1-c1ccc(Br)c(Cl)c1. The minimum Gasteiger partial charge on any atom is -0.311 e. The van der Waals surface area contributed by atoms with Crippen molar-refractivity contribution in [3.63, 3.8) is 0 Å². The molecule has 0 bridgehead atoms. The highest BCUT2D eigenvalue weighted by atomic mass is 79.9. The van der Waals surface area contributed by atoms with E-state index in [0.717, 1.165) is 28.9 Å². The van der Waals surface area contributed by atoms with E-state index in [1.807, 2.05) is 18.2 Å². The van der Waals surface area contributed by atoms with Gasteiger partial charge in [-0.25, -0.2) is 4.68 Å². The minimum atomic E-state index is 0.617. The van der Waals surface area contributed by atoms with Gasteiger partial charge in [0.1, 0.15) is 0 Å². The summed E-state index contributed by atoms with van der Waals surface area (Å²) < 4.78 is 2.67. The third kappa shape index (κ3) is 3.78. The Kier molecular flexibility index (Phi) is 4.96. The Labute approximate surface area is 126 Å². The Morgan fingerprint density at radius 1 is 1.42 bits per heavy atom. The maximum Gasteiger partial charge on any atom is 0.0783 e. The van der Waals surface area contributed by atoms with Gasteiger partial charge in [-0.05, 0) is 46.6 Å². The summed E-state index contributed by atoms with van der Waals surface area (Å²) in [5, 5.41) is 12.1. The lowest BCUT2D eigenvalue weighted by molar-refractivity contribution is 0.542. The highest BCUT2D eigenvalue weighted by Gasteiger charge is 2.08.